The van der Waals surface area contributed by atoms with Crippen LogP contribution in [0.15, 0.2) is 43.0 Å². The molecule has 0 aromatic carbocycles. The number of amides is 2. The van der Waals surface area contributed by atoms with Gasteiger partial charge in [0.25, 0.3) is 17.7 Å². The largest absolute Gasteiger partial charge is 0.350 e. The second kappa shape index (κ2) is 8.05. The number of hydrogen-bond donors (Lipinski definition) is 3. The topological polar surface area (TPSA) is 116 Å². The summed E-state index contributed by atoms with van der Waals surface area (Å²) in [4.78, 5) is 34.0. The van der Waals surface area contributed by atoms with Crippen molar-refractivity contribution in [1.82, 2.24) is 20.2 Å². The zero-order chi connectivity index (χ0) is 22.0. The molecule has 1 aliphatic heterocycles. The highest BCUT2D eigenvalue weighted by molar-refractivity contribution is 6.11. The van der Waals surface area contributed by atoms with E-state index >= 15 is 0 Å². The Hall–Kier alpha value is -3.96. The highest BCUT2D eigenvalue weighted by Crippen LogP contribution is 2.30. The van der Waals surface area contributed by atoms with Gasteiger partial charge < -0.3 is 15.5 Å². The third kappa shape index (κ3) is 4.63. The molecule has 3 aromatic heterocycles. The number of carbonyl (C=O) groups is 2. The molecule has 0 spiro atoms. The van der Waals surface area contributed by atoms with Crippen LogP contribution in [0, 0.1) is 5.82 Å². The lowest BCUT2D eigenvalue weighted by Crippen LogP contribution is -2.25. The van der Waals surface area contributed by atoms with E-state index in [0.717, 1.165) is 12.3 Å². The molecule has 3 N–H and O–H groups in total. The van der Waals surface area contributed by atoms with Crippen LogP contribution in [0.3, 0.4) is 0 Å². The Bertz CT molecular complexity index is 1120. The number of halogens is 3. The van der Waals surface area contributed by atoms with E-state index in [2.05, 4.69) is 30.8 Å². The van der Waals surface area contributed by atoms with Crippen molar-refractivity contribution in [3.63, 3.8) is 0 Å². The standard InChI is InChI=1S/C19H16F3N7O2/c20-12-5-11(6-23-7-12)17(30)27-14-9-25-28-16(14)18(31)26-13-1-2-15(24-8-13)29-4-3-19(21,22)10-29/h1-2,5-9H,3-4,10H2,(H,25,28)(H,26,31)(H,27,30). The Morgan fingerprint density at radius 2 is 1.97 bits per heavy atom. The van der Waals surface area contributed by atoms with E-state index in [0.29, 0.717) is 11.5 Å². The first-order valence-electron chi connectivity index (χ1n) is 9.17. The summed E-state index contributed by atoms with van der Waals surface area (Å²) < 4.78 is 40.0. The molecule has 1 aliphatic rings. The quantitative estimate of drug-likeness (QED) is 0.572. The minimum absolute atomic E-state index is 0.0279. The highest BCUT2D eigenvalue weighted by Gasteiger charge is 2.38. The predicted octanol–water partition coefficient (Wildman–Crippen LogP) is 2.69. The maximum atomic E-state index is 13.4. The van der Waals surface area contributed by atoms with Gasteiger partial charge in [-0.05, 0) is 18.2 Å². The Kier molecular flexibility index (Phi) is 5.28. The highest BCUT2D eigenvalue weighted by atomic mass is 19.3. The molecular weight excluding hydrogens is 415 g/mol. The summed E-state index contributed by atoms with van der Waals surface area (Å²) in [6.45, 7) is -0.203. The number of H-pyrrole nitrogens is 1. The first kappa shape index (κ1) is 20.3. The third-order valence-corrected chi connectivity index (χ3v) is 4.57. The van der Waals surface area contributed by atoms with E-state index < -0.39 is 30.1 Å². The fraction of sp³-hybridized carbons (Fsp3) is 0.211. The maximum absolute atomic E-state index is 13.4. The fourth-order valence-electron chi connectivity index (χ4n) is 3.06. The molecule has 0 radical (unpaired) electrons. The maximum Gasteiger partial charge on any atom is 0.278 e. The number of alkyl halides is 2. The van der Waals surface area contributed by atoms with E-state index in [1.54, 1.807) is 0 Å². The van der Waals surface area contributed by atoms with Crippen LogP contribution in [-0.2, 0) is 0 Å². The van der Waals surface area contributed by atoms with Crippen molar-refractivity contribution in [2.45, 2.75) is 12.3 Å². The van der Waals surface area contributed by atoms with Gasteiger partial charge in [0, 0.05) is 25.4 Å². The first-order chi connectivity index (χ1) is 14.8. The van der Waals surface area contributed by atoms with Crippen LogP contribution in [0.5, 0.6) is 0 Å². The molecule has 2 amide bonds. The van der Waals surface area contributed by atoms with Crippen molar-refractivity contribution < 1.29 is 22.8 Å². The molecule has 4 heterocycles. The number of nitrogens with zero attached hydrogens (tertiary/aromatic N) is 4. The van der Waals surface area contributed by atoms with Crippen LogP contribution in [0.4, 0.5) is 30.4 Å². The van der Waals surface area contributed by atoms with Gasteiger partial charge in [-0.2, -0.15) is 5.10 Å². The normalized spacial score (nSPS) is 15.0. The summed E-state index contributed by atoms with van der Waals surface area (Å²) in [5.41, 5.74) is 0.255. The summed E-state index contributed by atoms with van der Waals surface area (Å²) in [5, 5.41) is 11.3. The molecule has 0 atom stereocenters. The molecule has 0 aliphatic carbocycles. The van der Waals surface area contributed by atoms with Crippen molar-refractivity contribution >= 4 is 29.0 Å². The molecule has 160 valence electrons. The summed E-state index contributed by atoms with van der Waals surface area (Å²) in [7, 11) is 0. The van der Waals surface area contributed by atoms with Gasteiger partial charge in [-0.25, -0.2) is 18.2 Å². The van der Waals surface area contributed by atoms with Crippen molar-refractivity contribution in [2.75, 3.05) is 28.6 Å². The van der Waals surface area contributed by atoms with Crippen LogP contribution in [-0.4, -0.2) is 51.0 Å². The minimum Gasteiger partial charge on any atom is -0.350 e. The smallest absolute Gasteiger partial charge is 0.278 e. The summed E-state index contributed by atoms with van der Waals surface area (Å²) >= 11 is 0. The second-order valence-corrected chi connectivity index (χ2v) is 6.88. The Morgan fingerprint density at radius 3 is 2.65 bits per heavy atom. The molecular formula is C19H16F3N7O2. The Balaban J connectivity index is 1.42. The molecule has 12 heteroatoms. The number of anilines is 3. The average molecular weight is 431 g/mol. The molecule has 0 bridgehead atoms. The van der Waals surface area contributed by atoms with Gasteiger partial charge in [0.15, 0.2) is 5.69 Å². The van der Waals surface area contributed by atoms with Gasteiger partial charge in [0.2, 0.25) is 0 Å². The van der Waals surface area contributed by atoms with E-state index in [1.807, 2.05) is 0 Å². The number of hydrogen-bond acceptors (Lipinski definition) is 6. The molecule has 0 saturated carbocycles. The first-order valence-corrected chi connectivity index (χ1v) is 9.17. The number of aromatic nitrogens is 4. The fourth-order valence-corrected chi connectivity index (χ4v) is 3.06. The Morgan fingerprint density at radius 1 is 1.13 bits per heavy atom. The number of pyridine rings is 2. The van der Waals surface area contributed by atoms with Crippen LogP contribution >= 0.6 is 0 Å². The lowest BCUT2D eigenvalue weighted by molar-refractivity contribution is 0.0256. The van der Waals surface area contributed by atoms with Gasteiger partial charge in [-0.1, -0.05) is 0 Å². The summed E-state index contributed by atoms with van der Waals surface area (Å²) in [6, 6.07) is 4.06. The van der Waals surface area contributed by atoms with Crippen molar-refractivity contribution in [3.05, 3.63) is 60.1 Å². The number of nitrogens with one attached hydrogen (secondary N) is 3. The average Bonchev–Trinajstić information content (AvgIpc) is 3.34. The van der Waals surface area contributed by atoms with Gasteiger partial charge in [0.05, 0.1) is 35.9 Å². The number of rotatable bonds is 5. The molecule has 4 rings (SSSR count). The van der Waals surface area contributed by atoms with Crippen molar-refractivity contribution in [3.8, 4) is 0 Å². The third-order valence-electron chi connectivity index (χ3n) is 4.57. The van der Waals surface area contributed by atoms with Crippen LogP contribution < -0.4 is 15.5 Å². The lowest BCUT2D eigenvalue weighted by Gasteiger charge is -2.17. The SMILES string of the molecule is O=C(Nc1c[nH]nc1C(=O)Nc1ccc(N2CCC(F)(F)C2)nc1)c1cncc(F)c1. The monoisotopic (exact) mass is 431 g/mol. The molecule has 9 nitrogen and oxygen atoms in total. The molecule has 1 saturated heterocycles. The van der Waals surface area contributed by atoms with E-state index in [9.17, 15) is 22.8 Å². The van der Waals surface area contributed by atoms with E-state index in [-0.39, 0.29) is 29.9 Å². The van der Waals surface area contributed by atoms with Crippen LogP contribution in [0.1, 0.15) is 27.3 Å². The summed E-state index contributed by atoms with van der Waals surface area (Å²) in [6.07, 6.45) is 4.55. The lowest BCUT2D eigenvalue weighted by atomic mass is 10.2. The zero-order valence-corrected chi connectivity index (χ0v) is 15.9. The van der Waals surface area contributed by atoms with E-state index in [1.165, 1.54) is 35.6 Å². The van der Waals surface area contributed by atoms with Crippen molar-refractivity contribution in [2.24, 2.45) is 0 Å². The van der Waals surface area contributed by atoms with Gasteiger partial charge >= 0.3 is 0 Å². The molecule has 0 unspecified atom stereocenters. The minimum atomic E-state index is -2.74. The number of carbonyl (C=O) groups excluding carboxylic acids is 2. The van der Waals surface area contributed by atoms with Gasteiger partial charge in [0.1, 0.15) is 11.6 Å². The number of aromatic amines is 1. The Labute approximate surface area is 173 Å². The molecule has 3 aromatic rings. The predicted molar refractivity (Wildman–Crippen MR) is 105 cm³/mol. The van der Waals surface area contributed by atoms with Gasteiger partial charge in [-0.15, -0.1) is 0 Å². The second-order valence-electron chi connectivity index (χ2n) is 6.88. The van der Waals surface area contributed by atoms with Gasteiger partial charge in [-0.3, -0.25) is 19.7 Å². The van der Waals surface area contributed by atoms with E-state index in [4.69, 9.17) is 0 Å². The van der Waals surface area contributed by atoms with Crippen molar-refractivity contribution in [1.29, 1.82) is 0 Å². The zero-order valence-electron chi connectivity index (χ0n) is 15.9. The van der Waals surface area contributed by atoms with Crippen LogP contribution in [0.2, 0.25) is 0 Å². The van der Waals surface area contributed by atoms with Crippen LogP contribution in [0.25, 0.3) is 0 Å². The molecule has 31 heavy (non-hydrogen) atoms. The summed E-state index contributed by atoms with van der Waals surface area (Å²) in [5.74, 6) is -4.35. The molecule has 1 fully saturated rings.